The first-order chi connectivity index (χ1) is 9.47. The number of halogens is 1. The van der Waals surface area contributed by atoms with Gasteiger partial charge in [0.25, 0.3) is 0 Å². The van der Waals surface area contributed by atoms with E-state index in [4.69, 9.17) is 0 Å². The second kappa shape index (κ2) is 6.39. The third-order valence-electron chi connectivity index (χ3n) is 3.68. The van der Waals surface area contributed by atoms with E-state index in [2.05, 4.69) is 21.2 Å². The highest BCUT2D eigenvalue weighted by Gasteiger charge is 2.27. The number of hydrogen-bond acceptors (Lipinski definition) is 2. The Labute approximate surface area is 127 Å². The maximum Gasteiger partial charge on any atom is 0.229 e. The van der Waals surface area contributed by atoms with Gasteiger partial charge in [-0.1, -0.05) is 15.9 Å². The summed E-state index contributed by atoms with van der Waals surface area (Å²) in [5.74, 6) is -0.0700. The number of likely N-dealkylation sites (tertiary alicyclic amines) is 1. The molecule has 0 spiro atoms. The maximum atomic E-state index is 12.3. The van der Waals surface area contributed by atoms with Crippen LogP contribution in [0.1, 0.15) is 25.3 Å². The number of carbonyl (C=O) groups excluding carboxylic acids is 2. The van der Waals surface area contributed by atoms with E-state index >= 15 is 0 Å². The van der Waals surface area contributed by atoms with Crippen molar-refractivity contribution in [1.82, 2.24) is 4.90 Å². The zero-order valence-corrected chi connectivity index (χ0v) is 13.4. The van der Waals surface area contributed by atoms with E-state index in [1.807, 2.05) is 25.1 Å². The Hall–Kier alpha value is -1.36. The van der Waals surface area contributed by atoms with Gasteiger partial charge in [0.05, 0.1) is 5.92 Å². The summed E-state index contributed by atoms with van der Waals surface area (Å²) in [4.78, 5) is 25.5. The van der Waals surface area contributed by atoms with Crippen LogP contribution in [0.4, 0.5) is 5.69 Å². The molecule has 0 bridgehead atoms. The Morgan fingerprint density at radius 1 is 1.40 bits per heavy atom. The van der Waals surface area contributed by atoms with Crippen LogP contribution in [0.15, 0.2) is 22.7 Å². The summed E-state index contributed by atoms with van der Waals surface area (Å²) in [5, 5.41) is 2.97. The average Bonchev–Trinajstić information content (AvgIpc) is 2.42. The fraction of sp³-hybridized carbons (Fsp3) is 0.467. The van der Waals surface area contributed by atoms with Crippen LogP contribution < -0.4 is 5.32 Å². The van der Waals surface area contributed by atoms with Crippen molar-refractivity contribution in [2.45, 2.75) is 26.7 Å². The summed E-state index contributed by atoms with van der Waals surface area (Å²) >= 11 is 3.41. The van der Waals surface area contributed by atoms with Gasteiger partial charge in [-0.25, -0.2) is 0 Å². The lowest BCUT2D eigenvalue weighted by molar-refractivity contribution is -0.132. The topological polar surface area (TPSA) is 49.4 Å². The SMILES string of the molecule is CC(=O)N1CCCC(C(=O)Nc2ccc(Br)cc2C)C1. The minimum absolute atomic E-state index is 0.00127. The van der Waals surface area contributed by atoms with Gasteiger partial charge in [0.1, 0.15) is 0 Å². The smallest absolute Gasteiger partial charge is 0.229 e. The fourth-order valence-electron chi connectivity index (χ4n) is 2.48. The van der Waals surface area contributed by atoms with E-state index in [0.29, 0.717) is 6.54 Å². The van der Waals surface area contributed by atoms with Gasteiger partial charge in [0.2, 0.25) is 11.8 Å². The number of amides is 2. The predicted octanol–water partition coefficient (Wildman–Crippen LogP) is 2.95. The van der Waals surface area contributed by atoms with Crippen LogP contribution in [0.3, 0.4) is 0 Å². The summed E-state index contributed by atoms with van der Waals surface area (Å²) < 4.78 is 0.994. The second-order valence-corrected chi connectivity index (χ2v) is 6.17. The molecule has 0 saturated carbocycles. The van der Waals surface area contributed by atoms with Crippen molar-refractivity contribution >= 4 is 33.4 Å². The van der Waals surface area contributed by atoms with Gasteiger partial charge in [0, 0.05) is 30.2 Å². The van der Waals surface area contributed by atoms with Gasteiger partial charge in [0.15, 0.2) is 0 Å². The lowest BCUT2D eigenvalue weighted by Crippen LogP contribution is -2.42. The molecule has 0 aliphatic carbocycles. The quantitative estimate of drug-likeness (QED) is 0.901. The first-order valence-electron chi connectivity index (χ1n) is 6.80. The molecule has 20 heavy (non-hydrogen) atoms. The number of piperidine rings is 1. The fourth-order valence-corrected chi connectivity index (χ4v) is 2.95. The molecule has 1 aliphatic heterocycles. The maximum absolute atomic E-state index is 12.3. The highest BCUT2D eigenvalue weighted by molar-refractivity contribution is 9.10. The van der Waals surface area contributed by atoms with E-state index in [1.165, 1.54) is 0 Å². The molecule has 1 heterocycles. The number of carbonyl (C=O) groups is 2. The molecule has 1 N–H and O–H groups in total. The highest BCUT2D eigenvalue weighted by Crippen LogP contribution is 2.23. The molecule has 108 valence electrons. The molecule has 1 fully saturated rings. The Bertz CT molecular complexity index is 531. The van der Waals surface area contributed by atoms with Gasteiger partial charge < -0.3 is 10.2 Å². The largest absolute Gasteiger partial charge is 0.342 e. The van der Waals surface area contributed by atoms with E-state index in [1.54, 1.807) is 11.8 Å². The lowest BCUT2D eigenvalue weighted by Gasteiger charge is -2.31. The molecule has 5 heteroatoms. The molecule has 1 saturated heterocycles. The van der Waals surface area contributed by atoms with Crippen LogP contribution in [0.5, 0.6) is 0 Å². The van der Waals surface area contributed by atoms with Gasteiger partial charge in [-0.15, -0.1) is 0 Å². The van der Waals surface area contributed by atoms with Crippen LogP contribution >= 0.6 is 15.9 Å². The Morgan fingerprint density at radius 3 is 2.80 bits per heavy atom. The van der Waals surface area contributed by atoms with Crippen LogP contribution in [-0.4, -0.2) is 29.8 Å². The summed E-state index contributed by atoms with van der Waals surface area (Å²) in [6, 6.07) is 5.77. The first kappa shape index (κ1) is 15.0. The van der Waals surface area contributed by atoms with Crippen molar-refractivity contribution in [2.75, 3.05) is 18.4 Å². The molecular weight excluding hydrogens is 320 g/mol. The van der Waals surface area contributed by atoms with E-state index in [-0.39, 0.29) is 17.7 Å². The Kier molecular flexibility index (Phi) is 4.81. The first-order valence-corrected chi connectivity index (χ1v) is 7.59. The van der Waals surface area contributed by atoms with E-state index in [0.717, 1.165) is 35.1 Å². The van der Waals surface area contributed by atoms with Crippen molar-refractivity contribution in [3.63, 3.8) is 0 Å². The number of rotatable bonds is 2. The molecule has 1 atom stereocenters. The Balaban J connectivity index is 2.02. The van der Waals surface area contributed by atoms with Crippen molar-refractivity contribution in [3.05, 3.63) is 28.2 Å². The minimum Gasteiger partial charge on any atom is -0.342 e. The van der Waals surface area contributed by atoms with Crippen molar-refractivity contribution in [3.8, 4) is 0 Å². The number of nitrogens with zero attached hydrogens (tertiary/aromatic N) is 1. The monoisotopic (exact) mass is 338 g/mol. The standard InChI is InChI=1S/C15H19BrN2O2/c1-10-8-13(16)5-6-14(10)17-15(20)12-4-3-7-18(9-12)11(2)19/h5-6,8,12H,3-4,7,9H2,1-2H3,(H,17,20). The van der Waals surface area contributed by atoms with E-state index in [9.17, 15) is 9.59 Å². The number of hydrogen-bond donors (Lipinski definition) is 1. The molecule has 1 unspecified atom stereocenters. The Morgan fingerprint density at radius 2 is 2.15 bits per heavy atom. The summed E-state index contributed by atoms with van der Waals surface area (Å²) in [6.07, 6.45) is 1.72. The summed E-state index contributed by atoms with van der Waals surface area (Å²) in [6.45, 7) is 4.80. The predicted molar refractivity (Wildman–Crippen MR) is 82.5 cm³/mol. The summed E-state index contributed by atoms with van der Waals surface area (Å²) in [5.41, 5.74) is 1.85. The van der Waals surface area contributed by atoms with Gasteiger partial charge in [-0.05, 0) is 43.5 Å². The second-order valence-electron chi connectivity index (χ2n) is 5.25. The highest BCUT2D eigenvalue weighted by atomic mass is 79.9. The number of nitrogens with one attached hydrogen (secondary N) is 1. The molecular formula is C15H19BrN2O2. The lowest BCUT2D eigenvalue weighted by atomic mass is 9.97. The van der Waals surface area contributed by atoms with Gasteiger partial charge in [-0.2, -0.15) is 0 Å². The zero-order chi connectivity index (χ0) is 14.7. The average molecular weight is 339 g/mol. The third kappa shape index (κ3) is 3.60. The van der Waals surface area contributed by atoms with Crippen LogP contribution in [0.25, 0.3) is 0 Å². The number of benzene rings is 1. The molecule has 2 rings (SSSR count). The third-order valence-corrected chi connectivity index (χ3v) is 4.18. The molecule has 2 amide bonds. The number of anilines is 1. The number of aryl methyl sites for hydroxylation is 1. The van der Waals surface area contributed by atoms with Gasteiger partial charge >= 0.3 is 0 Å². The van der Waals surface area contributed by atoms with Crippen LogP contribution in [0.2, 0.25) is 0 Å². The molecule has 0 aromatic heterocycles. The van der Waals surface area contributed by atoms with Crippen LogP contribution in [-0.2, 0) is 9.59 Å². The van der Waals surface area contributed by atoms with Crippen LogP contribution in [0, 0.1) is 12.8 Å². The van der Waals surface area contributed by atoms with Crippen molar-refractivity contribution < 1.29 is 9.59 Å². The normalized spacial score (nSPS) is 18.8. The van der Waals surface area contributed by atoms with E-state index < -0.39 is 0 Å². The zero-order valence-electron chi connectivity index (χ0n) is 11.8. The molecule has 1 aromatic carbocycles. The van der Waals surface area contributed by atoms with Crippen molar-refractivity contribution in [1.29, 1.82) is 0 Å². The molecule has 1 aliphatic rings. The van der Waals surface area contributed by atoms with Gasteiger partial charge in [-0.3, -0.25) is 9.59 Å². The molecule has 1 aromatic rings. The molecule has 0 radical (unpaired) electrons. The summed E-state index contributed by atoms with van der Waals surface area (Å²) in [7, 11) is 0. The minimum atomic E-state index is -0.115. The van der Waals surface area contributed by atoms with Crippen molar-refractivity contribution in [2.24, 2.45) is 5.92 Å². The molecule has 4 nitrogen and oxygen atoms in total.